The molecule has 0 amide bonds. The number of nitrogens with zero attached hydrogens (tertiary/aromatic N) is 2. The molecule has 0 saturated carbocycles. The third kappa shape index (κ3) is 5.46. The quantitative estimate of drug-likeness (QED) is 0.615. The van der Waals surface area contributed by atoms with Crippen molar-refractivity contribution >= 4 is 5.96 Å². The molecule has 2 rings (SSSR count). The summed E-state index contributed by atoms with van der Waals surface area (Å²) in [7, 11) is 1.73. The zero-order valence-electron chi connectivity index (χ0n) is 14.9. The van der Waals surface area contributed by atoms with Crippen LogP contribution in [0.25, 0.3) is 0 Å². The van der Waals surface area contributed by atoms with Crippen LogP contribution in [-0.4, -0.2) is 56.8 Å². The SMILES string of the molecule is CN=C(NCc1ccccc1F)NCC(C(C)C)N1CCOCC1. The molecule has 0 spiro atoms. The number of guanidine groups is 1. The van der Waals surface area contributed by atoms with Crippen LogP contribution in [0.4, 0.5) is 4.39 Å². The molecule has 0 aliphatic carbocycles. The zero-order valence-corrected chi connectivity index (χ0v) is 14.9. The fourth-order valence-electron chi connectivity index (χ4n) is 2.94. The van der Waals surface area contributed by atoms with Gasteiger partial charge in [-0.25, -0.2) is 4.39 Å². The van der Waals surface area contributed by atoms with Crippen molar-refractivity contribution in [1.29, 1.82) is 0 Å². The van der Waals surface area contributed by atoms with Gasteiger partial charge in [-0.1, -0.05) is 32.0 Å². The van der Waals surface area contributed by atoms with Crippen molar-refractivity contribution in [3.8, 4) is 0 Å². The van der Waals surface area contributed by atoms with E-state index in [1.54, 1.807) is 19.2 Å². The van der Waals surface area contributed by atoms with E-state index >= 15 is 0 Å². The van der Waals surface area contributed by atoms with E-state index in [9.17, 15) is 4.39 Å². The predicted octanol–water partition coefficient (Wildman–Crippen LogP) is 1.85. The fraction of sp³-hybridized carbons (Fsp3) is 0.611. The molecule has 0 radical (unpaired) electrons. The Morgan fingerprint density at radius 3 is 2.58 bits per heavy atom. The van der Waals surface area contributed by atoms with E-state index in [4.69, 9.17) is 4.74 Å². The Bertz CT molecular complexity index is 530. The van der Waals surface area contributed by atoms with Crippen LogP contribution < -0.4 is 10.6 Å². The Morgan fingerprint density at radius 1 is 1.25 bits per heavy atom. The number of nitrogens with one attached hydrogen (secondary N) is 2. The molecule has 24 heavy (non-hydrogen) atoms. The van der Waals surface area contributed by atoms with Gasteiger partial charge in [0.1, 0.15) is 5.82 Å². The Labute approximate surface area is 144 Å². The summed E-state index contributed by atoms with van der Waals surface area (Å²) in [6.45, 7) is 9.20. The topological polar surface area (TPSA) is 48.9 Å². The van der Waals surface area contributed by atoms with Gasteiger partial charge in [-0.3, -0.25) is 9.89 Å². The summed E-state index contributed by atoms with van der Waals surface area (Å²) < 4.78 is 19.1. The number of aliphatic imine (C=N–C) groups is 1. The Hall–Kier alpha value is -1.66. The van der Waals surface area contributed by atoms with Crippen LogP contribution in [0, 0.1) is 11.7 Å². The molecule has 5 nitrogen and oxygen atoms in total. The van der Waals surface area contributed by atoms with Crippen molar-refractivity contribution in [3.63, 3.8) is 0 Å². The molecule has 0 bridgehead atoms. The first-order valence-electron chi connectivity index (χ1n) is 8.61. The van der Waals surface area contributed by atoms with E-state index in [0.29, 0.717) is 30.0 Å². The largest absolute Gasteiger partial charge is 0.379 e. The number of morpholine rings is 1. The summed E-state index contributed by atoms with van der Waals surface area (Å²) in [4.78, 5) is 6.70. The Kier molecular flexibility index (Phi) is 7.46. The van der Waals surface area contributed by atoms with E-state index in [-0.39, 0.29) is 5.82 Å². The molecular weight excluding hydrogens is 307 g/mol. The van der Waals surface area contributed by atoms with Gasteiger partial charge in [0.15, 0.2) is 5.96 Å². The molecule has 1 atom stereocenters. The number of benzene rings is 1. The third-order valence-corrected chi connectivity index (χ3v) is 4.39. The van der Waals surface area contributed by atoms with Crippen molar-refractivity contribution in [1.82, 2.24) is 15.5 Å². The lowest BCUT2D eigenvalue weighted by Gasteiger charge is -2.37. The second-order valence-electron chi connectivity index (χ2n) is 6.36. The second-order valence-corrected chi connectivity index (χ2v) is 6.36. The van der Waals surface area contributed by atoms with Gasteiger partial charge in [0.05, 0.1) is 13.2 Å². The number of hydrogen-bond donors (Lipinski definition) is 2. The lowest BCUT2D eigenvalue weighted by molar-refractivity contribution is 0.00752. The van der Waals surface area contributed by atoms with E-state index in [1.807, 2.05) is 6.07 Å². The van der Waals surface area contributed by atoms with Gasteiger partial charge >= 0.3 is 0 Å². The van der Waals surface area contributed by atoms with Crippen LogP contribution in [-0.2, 0) is 11.3 Å². The van der Waals surface area contributed by atoms with Crippen LogP contribution >= 0.6 is 0 Å². The van der Waals surface area contributed by atoms with Gasteiger partial charge in [0, 0.05) is 44.8 Å². The van der Waals surface area contributed by atoms with Gasteiger partial charge in [-0.15, -0.1) is 0 Å². The smallest absolute Gasteiger partial charge is 0.191 e. The predicted molar refractivity (Wildman–Crippen MR) is 95.6 cm³/mol. The highest BCUT2D eigenvalue weighted by molar-refractivity contribution is 5.79. The molecule has 1 fully saturated rings. The molecule has 0 aromatic heterocycles. The number of ether oxygens (including phenoxy) is 1. The second kappa shape index (κ2) is 9.59. The lowest BCUT2D eigenvalue weighted by atomic mass is 10.0. The summed E-state index contributed by atoms with van der Waals surface area (Å²) >= 11 is 0. The molecule has 134 valence electrons. The van der Waals surface area contributed by atoms with Gasteiger partial charge in [-0.2, -0.15) is 0 Å². The van der Waals surface area contributed by atoms with Crippen LogP contribution in [0.1, 0.15) is 19.4 Å². The normalized spacial score (nSPS) is 17.8. The average Bonchev–Trinajstić information content (AvgIpc) is 2.59. The molecule has 1 aliphatic heterocycles. The summed E-state index contributed by atoms with van der Waals surface area (Å²) in [5.41, 5.74) is 0.633. The van der Waals surface area contributed by atoms with Crippen LogP contribution in [0.3, 0.4) is 0 Å². The number of hydrogen-bond acceptors (Lipinski definition) is 3. The first-order chi connectivity index (χ1) is 11.6. The lowest BCUT2D eigenvalue weighted by Crippen LogP contribution is -2.52. The highest BCUT2D eigenvalue weighted by atomic mass is 19.1. The summed E-state index contributed by atoms with van der Waals surface area (Å²) in [6, 6.07) is 7.20. The highest BCUT2D eigenvalue weighted by Gasteiger charge is 2.23. The van der Waals surface area contributed by atoms with Crippen molar-refractivity contribution in [2.75, 3.05) is 39.9 Å². The van der Waals surface area contributed by atoms with Crippen molar-refractivity contribution in [3.05, 3.63) is 35.6 Å². The summed E-state index contributed by atoms with van der Waals surface area (Å²) in [6.07, 6.45) is 0. The van der Waals surface area contributed by atoms with E-state index in [2.05, 4.69) is 34.4 Å². The Balaban J connectivity index is 1.86. The molecule has 2 N–H and O–H groups in total. The molecular formula is C18H29FN4O. The number of rotatable bonds is 6. The molecule has 1 aromatic carbocycles. The third-order valence-electron chi connectivity index (χ3n) is 4.39. The van der Waals surface area contributed by atoms with Gasteiger partial charge in [-0.05, 0) is 12.0 Å². The monoisotopic (exact) mass is 336 g/mol. The maximum Gasteiger partial charge on any atom is 0.191 e. The first kappa shape index (κ1) is 18.7. The Morgan fingerprint density at radius 2 is 1.96 bits per heavy atom. The highest BCUT2D eigenvalue weighted by Crippen LogP contribution is 2.12. The van der Waals surface area contributed by atoms with Crippen molar-refractivity contribution in [2.24, 2.45) is 10.9 Å². The van der Waals surface area contributed by atoms with Crippen LogP contribution in [0.15, 0.2) is 29.3 Å². The molecule has 1 saturated heterocycles. The van der Waals surface area contributed by atoms with Gasteiger partial charge in [0.2, 0.25) is 0 Å². The van der Waals surface area contributed by atoms with Crippen LogP contribution in [0.5, 0.6) is 0 Å². The minimum Gasteiger partial charge on any atom is -0.379 e. The minimum absolute atomic E-state index is 0.200. The van der Waals surface area contributed by atoms with E-state index < -0.39 is 0 Å². The molecule has 1 aliphatic rings. The number of halogens is 1. The fourth-order valence-corrected chi connectivity index (χ4v) is 2.94. The maximum atomic E-state index is 13.7. The van der Waals surface area contributed by atoms with Gasteiger partial charge < -0.3 is 15.4 Å². The molecule has 1 unspecified atom stereocenters. The molecule has 1 heterocycles. The average molecular weight is 336 g/mol. The van der Waals surface area contributed by atoms with E-state index in [1.165, 1.54) is 6.07 Å². The summed E-state index contributed by atoms with van der Waals surface area (Å²) in [5, 5.41) is 6.55. The maximum absolute atomic E-state index is 13.7. The van der Waals surface area contributed by atoms with E-state index in [0.717, 1.165) is 32.8 Å². The first-order valence-corrected chi connectivity index (χ1v) is 8.61. The van der Waals surface area contributed by atoms with Crippen molar-refractivity contribution < 1.29 is 9.13 Å². The molecule has 6 heteroatoms. The summed E-state index contributed by atoms with van der Waals surface area (Å²) in [5.74, 6) is 1.02. The van der Waals surface area contributed by atoms with Crippen molar-refractivity contribution in [2.45, 2.75) is 26.4 Å². The molecule has 1 aromatic rings. The zero-order chi connectivity index (χ0) is 17.4. The van der Waals surface area contributed by atoms with Gasteiger partial charge in [0.25, 0.3) is 0 Å². The minimum atomic E-state index is -0.200. The van der Waals surface area contributed by atoms with Crippen LogP contribution in [0.2, 0.25) is 0 Å². The standard InChI is InChI=1S/C18H29FN4O/c1-14(2)17(23-8-10-24-11-9-23)13-22-18(20-3)21-12-15-6-4-5-7-16(15)19/h4-7,14,17H,8-13H2,1-3H3,(H2,20,21,22).